The Kier molecular flexibility index (Phi) is 4.23. The van der Waals surface area contributed by atoms with E-state index in [0.717, 1.165) is 19.4 Å². The molecule has 0 spiro atoms. The third kappa shape index (κ3) is 3.27. The van der Waals surface area contributed by atoms with E-state index in [1.54, 1.807) is 0 Å². The average molecular weight is 285 g/mol. The maximum atomic E-state index is 13.5. The van der Waals surface area contributed by atoms with Crippen molar-refractivity contribution in [1.29, 1.82) is 0 Å². The molecule has 2 rings (SSSR count). The Labute approximate surface area is 113 Å². The number of hydrogen-bond acceptors (Lipinski definition) is 4. The third-order valence-electron chi connectivity index (χ3n) is 3.10. The first-order valence-corrected chi connectivity index (χ1v) is 6.14. The predicted molar refractivity (Wildman–Crippen MR) is 67.3 cm³/mol. The fraction of sp³-hybridized carbons (Fsp3) is 0.417. The molecular formula is C12H13F2N3O3. The van der Waals surface area contributed by atoms with Crippen LogP contribution in [0.15, 0.2) is 12.1 Å². The minimum absolute atomic E-state index is 0.0218. The Morgan fingerprint density at radius 2 is 2.20 bits per heavy atom. The number of nitro benzene ring substituents is 1. The number of anilines is 1. The minimum atomic E-state index is -1.28. The van der Waals surface area contributed by atoms with Crippen LogP contribution in [0, 0.1) is 21.7 Å². The number of halogens is 2. The lowest BCUT2D eigenvalue weighted by Crippen LogP contribution is -2.27. The summed E-state index contributed by atoms with van der Waals surface area (Å²) in [6.07, 6.45) is 1.96. The molecule has 1 aromatic rings. The van der Waals surface area contributed by atoms with E-state index in [0.29, 0.717) is 12.1 Å². The summed E-state index contributed by atoms with van der Waals surface area (Å²) in [7, 11) is 0. The fourth-order valence-corrected chi connectivity index (χ4v) is 2.13. The Balaban J connectivity index is 2.09. The molecule has 108 valence electrons. The van der Waals surface area contributed by atoms with Gasteiger partial charge in [-0.15, -0.1) is 0 Å². The maximum absolute atomic E-state index is 13.5. The first-order valence-electron chi connectivity index (χ1n) is 6.14. The van der Waals surface area contributed by atoms with Gasteiger partial charge in [-0.25, -0.2) is 4.39 Å². The molecular weight excluding hydrogens is 272 g/mol. The van der Waals surface area contributed by atoms with Crippen LogP contribution in [0.5, 0.6) is 0 Å². The molecule has 0 radical (unpaired) electrons. The zero-order valence-corrected chi connectivity index (χ0v) is 10.5. The number of amides is 1. The van der Waals surface area contributed by atoms with E-state index >= 15 is 0 Å². The van der Waals surface area contributed by atoms with Gasteiger partial charge in [0.05, 0.1) is 10.6 Å². The highest BCUT2D eigenvalue weighted by molar-refractivity contribution is 5.91. The Bertz CT molecular complexity index is 545. The zero-order chi connectivity index (χ0) is 14.7. The number of benzene rings is 1. The molecule has 6 nitrogen and oxygen atoms in total. The van der Waals surface area contributed by atoms with Crippen molar-refractivity contribution in [1.82, 2.24) is 5.32 Å². The molecule has 2 N–H and O–H groups in total. The van der Waals surface area contributed by atoms with Gasteiger partial charge in [0.25, 0.3) is 0 Å². The smallest absolute Gasteiger partial charge is 0.307 e. The zero-order valence-electron chi connectivity index (χ0n) is 10.5. The molecule has 1 aromatic carbocycles. The SMILES string of the molecule is O=C(CC1CCCN1)Nc1cc([N+](=O)[O-])c(F)cc1F. The summed E-state index contributed by atoms with van der Waals surface area (Å²) in [5, 5.41) is 15.9. The molecule has 0 aromatic heterocycles. The lowest BCUT2D eigenvalue weighted by atomic mass is 10.1. The van der Waals surface area contributed by atoms with Crippen molar-refractivity contribution >= 4 is 17.3 Å². The van der Waals surface area contributed by atoms with Crippen LogP contribution >= 0.6 is 0 Å². The standard InChI is InChI=1S/C12H13F2N3O3/c13-8-5-9(14)11(17(19)20)6-10(8)16-12(18)4-7-2-1-3-15-7/h5-7,15H,1-4H2,(H,16,18). The highest BCUT2D eigenvalue weighted by Crippen LogP contribution is 2.25. The van der Waals surface area contributed by atoms with Gasteiger partial charge in [0.1, 0.15) is 5.82 Å². The van der Waals surface area contributed by atoms with Gasteiger partial charge in [-0.05, 0) is 19.4 Å². The third-order valence-corrected chi connectivity index (χ3v) is 3.10. The molecule has 1 saturated heterocycles. The van der Waals surface area contributed by atoms with Crippen LogP contribution in [0.4, 0.5) is 20.2 Å². The monoisotopic (exact) mass is 285 g/mol. The molecule has 1 amide bonds. The second-order valence-corrected chi connectivity index (χ2v) is 4.59. The van der Waals surface area contributed by atoms with Crippen molar-refractivity contribution in [3.63, 3.8) is 0 Å². The number of nitro groups is 1. The van der Waals surface area contributed by atoms with E-state index in [1.807, 2.05) is 0 Å². The number of carbonyl (C=O) groups is 1. The molecule has 8 heteroatoms. The first kappa shape index (κ1) is 14.3. The van der Waals surface area contributed by atoms with Gasteiger partial charge in [-0.3, -0.25) is 14.9 Å². The molecule has 0 saturated carbocycles. The van der Waals surface area contributed by atoms with Crippen molar-refractivity contribution in [3.8, 4) is 0 Å². The van der Waals surface area contributed by atoms with E-state index in [4.69, 9.17) is 0 Å². The van der Waals surface area contributed by atoms with E-state index in [9.17, 15) is 23.7 Å². The van der Waals surface area contributed by atoms with E-state index in [2.05, 4.69) is 10.6 Å². The van der Waals surface area contributed by atoms with Gasteiger partial charge in [-0.2, -0.15) is 4.39 Å². The summed E-state index contributed by atoms with van der Waals surface area (Å²) in [5.41, 5.74) is -1.26. The summed E-state index contributed by atoms with van der Waals surface area (Å²) in [6, 6.07) is 1.10. The van der Waals surface area contributed by atoms with E-state index in [1.165, 1.54) is 0 Å². The lowest BCUT2D eigenvalue weighted by Gasteiger charge is -2.11. The molecule has 1 heterocycles. The summed E-state index contributed by atoms with van der Waals surface area (Å²) in [5.74, 6) is -2.78. The molecule has 1 aliphatic rings. The van der Waals surface area contributed by atoms with Crippen LogP contribution in [-0.2, 0) is 4.79 Å². The van der Waals surface area contributed by atoms with Crippen LogP contribution < -0.4 is 10.6 Å². The number of hydrogen-bond donors (Lipinski definition) is 2. The Morgan fingerprint density at radius 1 is 1.45 bits per heavy atom. The first-order chi connectivity index (χ1) is 9.47. The van der Waals surface area contributed by atoms with Gasteiger partial charge in [-0.1, -0.05) is 0 Å². The summed E-state index contributed by atoms with van der Waals surface area (Å²) < 4.78 is 26.6. The maximum Gasteiger partial charge on any atom is 0.307 e. The van der Waals surface area contributed by atoms with Crippen LogP contribution in [0.3, 0.4) is 0 Å². The molecule has 0 bridgehead atoms. The van der Waals surface area contributed by atoms with Gasteiger partial charge in [0, 0.05) is 24.6 Å². The quantitative estimate of drug-likeness (QED) is 0.654. The minimum Gasteiger partial charge on any atom is -0.323 e. The predicted octanol–water partition coefficient (Wildman–Crippen LogP) is 1.95. The lowest BCUT2D eigenvalue weighted by molar-refractivity contribution is -0.387. The van der Waals surface area contributed by atoms with E-state index in [-0.39, 0.29) is 18.2 Å². The number of carbonyl (C=O) groups excluding carboxylic acids is 1. The van der Waals surface area contributed by atoms with Gasteiger partial charge >= 0.3 is 5.69 Å². The molecule has 1 unspecified atom stereocenters. The largest absolute Gasteiger partial charge is 0.323 e. The topological polar surface area (TPSA) is 84.3 Å². The Hall–Kier alpha value is -2.09. The molecule has 1 atom stereocenters. The molecule has 20 heavy (non-hydrogen) atoms. The van der Waals surface area contributed by atoms with Crippen molar-refractivity contribution in [2.75, 3.05) is 11.9 Å². The fourth-order valence-electron chi connectivity index (χ4n) is 2.13. The van der Waals surface area contributed by atoms with Gasteiger partial charge < -0.3 is 10.6 Å². The van der Waals surface area contributed by atoms with Gasteiger partial charge in [0.2, 0.25) is 11.7 Å². The van der Waals surface area contributed by atoms with Crippen LogP contribution in [-0.4, -0.2) is 23.4 Å². The average Bonchev–Trinajstić information content (AvgIpc) is 2.84. The summed E-state index contributed by atoms with van der Waals surface area (Å²) in [6.45, 7) is 0.828. The summed E-state index contributed by atoms with van der Waals surface area (Å²) >= 11 is 0. The van der Waals surface area contributed by atoms with Gasteiger partial charge in [0.15, 0.2) is 0 Å². The molecule has 0 aliphatic carbocycles. The summed E-state index contributed by atoms with van der Waals surface area (Å²) in [4.78, 5) is 21.3. The number of nitrogens with one attached hydrogen (secondary N) is 2. The van der Waals surface area contributed by atoms with Crippen LogP contribution in [0.1, 0.15) is 19.3 Å². The van der Waals surface area contributed by atoms with Crippen molar-refractivity contribution in [2.45, 2.75) is 25.3 Å². The highest BCUT2D eigenvalue weighted by Gasteiger charge is 2.22. The normalized spacial score (nSPS) is 18.0. The second kappa shape index (κ2) is 5.91. The number of nitrogens with zero attached hydrogens (tertiary/aromatic N) is 1. The highest BCUT2D eigenvalue weighted by atomic mass is 19.1. The second-order valence-electron chi connectivity index (χ2n) is 4.59. The number of rotatable bonds is 4. The van der Waals surface area contributed by atoms with Crippen molar-refractivity contribution < 1.29 is 18.5 Å². The van der Waals surface area contributed by atoms with Crippen LogP contribution in [0.2, 0.25) is 0 Å². The Morgan fingerprint density at radius 3 is 2.80 bits per heavy atom. The van der Waals surface area contributed by atoms with Crippen molar-refractivity contribution in [2.24, 2.45) is 0 Å². The van der Waals surface area contributed by atoms with Crippen LogP contribution in [0.25, 0.3) is 0 Å². The molecule has 1 fully saturated rings. The van der Waals surface area contributed by atoms with Crippen molar-refractivity contribution in [3.05, 3.63) is 33.9 Å². The molecule has 1 aliphatic heterocycles. The van der Waals surface area contributed by atoms with E-state index < -0.39 is 28.2 Å².